The standard InChI is InChI=1S/C10H11F4N/c1-6(5-15)7-2-3-8(9(11)4-7)10(12,13)14/h2-4,6H,5,15H2,1H3. The van der Waals surface area contributed by atoms with Gasteiger partial charge >= 0.3 is 6.18 Å². The average molecular weight is 221 g/mol. The van der Waals surface area contributed by atoms with E-state index in [1.165, 1.54) is 6.07 Å². The van der Waals surface area contributed by atoms with E-state index in [1.54, 1.807) is 6.92 Å². The van der Waals surface area contributed by atoms with E-state index in [1.807, 2.05) is 0 Å². The molecule has 1 nitrogen and oxygen atoms in total. The molecule has 0 spiro atoms. The molecule has 15 heavy (non-hydrogen) atoms. The van der Waals surface area contributed by atoms with Gasteiger partial charge in [0.25, 0.3) is 0 Å². The van der Waals surface area contributed by atoms with Gasteiger partial charge in [0.2, 0.25) is 0 Å². The van der Waals surface area contributed by atoms with Gasteiger partial charge in [0, 0.05) is 0 Å². The minimum atomic E-state index is -4.64. The lowest BCUT2D eigenvalue weighted by Gasteiger charge is -2.12. The molecule has 0 aliphatic carbocycles. The molecule has 0 heterocycles. The molecule has 0 fully saturated rings. The third-order valence-corrected chi connectivity index (χ3v) is 2.22. The van der Waals surface area contributed by atoms with Crippen molar-refractivity contribution in [1.29, 1.82) is 0 Å². The number of hydrogen-bond acceptors (Lipinski definition) is 1. The molecule has 0 amide bonds. The fourth-order valence-corrected chi connectivity index (χ4v) is 1.20. The maximum Gasteiger partial charge on any atom is 0.419 e. The van der Waals surface area contributed by atoms with Crippen molar-refractivity contribution in [3.8, 4) is 0 Å². The molecule has 1 aromatic carbocycles. The molecule has 0 saturated heterocycles. The predicted octanol–water partition coefficient (Wildman–Crippen LogP) is 2.91. The highest BCUT2D eigenvalue weighted by Gasteiger charge is 2.33. The first kappa shape index (κ1) is 12.0. The van der Waals surface area contributed by atoms with Crippen LogP contribution in [0.1, 0.15) is 24.0 Å². The lowest BCUT2D eigenvalue weighted by molar-refractivity contribution is -0.140. The maximum absolute atomic E-state index is 13.1. The molecule has 1 aromatic rings. The maximum atomic E-state index is 13.1. The molecule has 0 bridgehead atoms. The van der Waals surface area contributed by atoms with Crippen molar-refractivity contribution >= 4 is 0 Å². The third-order valence-electron chi connectivity index (χ3n) is 2.22. The molecule has 0 aromatic heterocycles. The zero-order chi connectivity index (χ0) is 11.6. The fourth-order valence-electron chi connectivity index (χ4n) is 1.20. The van der Waals surface area contributed by atoms with Crippen LogP contribution in [0.25, 0.3) is 0 Å². The summed E-state index contributed by atoms with van der Waals surface area (Å²) in [6, 6.07) is 2.89. The van der Waals surface area contributed by atoms with Gasteiger partial charge in [-0.2, -0.15) is 13.2 Å². The monoisotopic (exact) mass is 221 g/mol. The fraction of sp³-hybridized carbons (Fsp3) is 0.400. The Morgan fingerprint density at radius 3 is 2.33 bits per heavy atom. The summed E-state index contributed by atoms with van der Waals surface area (Å²) in [6.07, 6.45) is -4.64. The lowest BCUT2D eigenvalue weighted by atomic mass is 9.99. The highest BCUT2D eigenvalue weighted by atomic mass is 19.4. The van der Waals surface area contributed by atoms with E-state index in [0.29, 0.717) is 5.56 Å². The third kappa shape index (κ3) is 2.68. The molecule has 0 radical (unpaired) electrons. The second kappa shape index (κ2) is 4.18. The van der Waals surface area contributed by atoms with Crippen LogP contribution in [0, 0.1) is 5.82 Å². The van der Waals surface area contributed by atoms with Crippen LogP contribution in [0.2, 0.25) is 0 Å². The predicted molar refractivity (Wildman–Crippen MR) is 48.9 cm³/mol. The Morgan fingerprint density at radius 2 is 1.93 bits per heavy atom. The molecular formula is C10H11F4N. The van der Waals surface area contributed by atoms with Crippen LogP contribution in [-0.4, -0.2) is 6.54 Å². The number of halogens is 4. The highest BCUT2D eigenvalue weighted by molar-refractivity contribution is 5.28. The van der Waals surface area contributed by atoms with Gasteiger partial charge in [0.1, 0.15) is 5.82 Å². The minimum absolute atomic E-state index is 0.151. The van der Waals surface area contributed by atoms with E-state index in [2.05, 4.69) is 0 Å². The van der Waals surface area contributed by atoms with Gasteiger partial charge in [-0.1, -0.05) is 13.0 Å². The molecule has 2 N–H and O–H groups in total. The van der Waals surface area contributed by atoms with Crippen molar-refractivity contribution < 1.29 is 17.6 Å². The van der Waals surface area contributed by atoms with Crippen LogP contribution >= 0.6 is 0 Å². The first-order chi connectivity index (χ1) is 6.86. The van der Waals surface area contributed by atoms with E-state index in [0.717, 1.165) is 12.1 Å². The molecule has 0 saturated carbocycles. The molecular weight excluding hydrogens is 210 g/mol. The molecule has 1 rings (SSSR count). The zero-order valence-electron chi connectivity index (χ0n) is 8.11. The number of rotatable bonds is 2. The van der Waals surface area contributed by atoms with Crippen molar-refractivity contribution in [2.45, 2.75) is 19.0 Å². The van der Waals surface area contributed by atoms with E-state index < -0.39 is 17.6 Å². The van der Waals surface area contributed by atoms with Crippen molar-refractivity contribution in [3.63, 3.8) is 0 Å². The van der Waals surface area contributed by atoms with E-state index in [9.17, 15) is 17.6 Å². The Bertz CT molecular complexity index is 346. The summed E-state index contributed by atoms with van der Waals surface area (Å²) in [5, 5.41) is 0. The summed E-state index contributed by atoms with van der Waals surface area (Å²) in [5.41, 5.74) is 4.57. The van der Waals surface area contributed by atoms with Gasteiger partial charge in [0.05, 0.1) is 5.56 Å². The molecule has 5 heteroatoms. The van der Waals surface area contributed by atoms with Gasteiger partial charge in [-0.15, -0.1) is 0 Å². The first-order valence-corrected chi connectivity index (χ1v) is 4.43. The largest absolute Gasteiger partial charge is 0.419 e. The molecule has 0 aliphatic rings. The normalized spacial score (nSPS) is 14.0. The number of benzene rings is 1. The SMILES string of the molecule is CC(CN)c1ccc(C(F)(F)F)c(F)c1. The zero-order valence-corrected chi connectivity index (χ0v) is 8.11. The van der Waals surface area contributed by atoms with E-state index in [-0.39, 0.29) is 12.5 Å². The van der Waals surface area contributed by atoms with Gasteiger partial charge < -0.3 is 5.73 Å². The number of hydrogen-bond donors (Lipinski definition) is 1. The highest BCUT2D eigenvalue weighted by Crippen LogP contribution is 2.32. The Balaban J connectivity index is 3.09. The summed E-state index contributed by atoms with van der Waals surface area (Å²) in [4.78, 5) is 0. The van der Waals surface area contributed by atoms with Gasteiger partial charge in [0.15, 0.2) is 0 Å². The van der Waals surface area contributed by atoms with E-state index >= 15 is 0 Å². The Hall–Kier alpha value is -1.10. The first-order valence-electron chi connectivity index (χ1n) is 4.43. The van der Waals surface area contributed by atoms with Crippen LogP contribution in [0.5, 0.6) is 0 Å². The van der Waals surface area contributed by atoms with Crippen molar-refractivity contribution in [3.05, 3.63) is 35.1 Å². The smallest absolute Gasteiger partial charge is 0.330 e. The van der Waals surface area contributed by atoms with Crippen LogP contribution in [-0.2, 0) is 6.18 Å². The van der Waals surface area contributed by atoms with Crippen LogP contribution in [0.3, 0.4) is 0 Å². The van der Waals surface area contributed by atoms with Crippen LogP contribution < -0.4 is 5.73 Å². The quantitative estimate of drug-likeness (QED) is 0.763. The molecule has 1 unspecified atom stereocenters. The van der Waals surface area contributed by atoms with Gasteiger partial charge in [-0.3, -0.25) is 0 Å². The van der Waals surface area contributed by atoms with Crippen LogP contribution in [0.4, 0.5) is 17.6 Å². The van der Waals surface area contributed by atoms with Crippen molar-refractivity contribution in [1.82, 2.24) is 0 Å². The Kier molecular flexibility index (Phi) is 3.34. The Labute approximate surface area is 84.9 Å². The van der Waals surface area contributed by atoms with Crippen molar-refractivity contribution in [2.75, 3.05) is 6.54 Å². The lowest BCUT2D eigenvalue weighted by Crippen LogP contribution is -2.12. The molecule has 0 aliphatic heterocycles. The number of alkyl halides is 3. The summed E-state index contributed by atoms with van der Waals surface area (Å²) in [7, 11) is 0. The topological polar surface area (TPSA) is 26.0 Å². The minimum Gasteiger partial charge on any atom is -0.330 e. The van der Waals surface area contributed by atoms with Crippen LogP contribution in [0.15, 0.2) is 18.2 Å². The Morgan fingerprint density at radius 1 is 1.33 bits per heavy atom. The summed E-state index contributed by atoms with van der Waals surface area (Å²) in [5.74, 6) is -1.40. The van der Waals surface area contributed by atoms with Gasteiger partial charge in [-0.05, 0) is 30.2 Å². The average Bonchev–Trinajstić information content (AvgIpc) is 2.14. The summed E-state index contributed by atoms with van der Waals surface area (Å²) >= 11 is 0. The second-order valence-corrected chi connectivity index (χ2v) is 3.37. The van der Waals surface area contributed by atoms with Gasteiger partial charge in [-0.25, -0.2) is 4.39 Å². The number of nitrogens with two attached hydrogens (primary N) is 1. The molecule has 1 atom stereocenters. The summed E-state index contributed by atoms with van der Waals surface area (Å²) < 4.78 is 49.7. The van der Waals surface area contributed by atoms with E-state index in [4.69, 9.17) is 5.73 Å². The van der Waals surface area contributed by atoms with Crippen molar-refractivity contribution in [2.24, 2.45) is 5.73 Å². The second-order valence-electron chi connectivity index (χ2n) is 3.37. The summed E-state index contributed by atoms with van der Waals surface area (Å²) in [6.45, 7) is 1.99. The molecule has 84 valence electrons.